The SMILES string of the molecule is O[C@H]1OC(COCc2ccccc2)[C@@H](OCc2ccccc2)C(OCc2ccccc2)C1F. The first-order chi connectivity index (χ1) is 16.2. The zero-order valence-corrected chi connectivity index (χ0v) is 18.3. The minimum absolute atomic E-state index is 0.128. The molecule has 1 aliphatic heterocycles. The summed E-state index contributed by atoms with van der Waals surface area (Å²) in [5, 5.41) is 10.2. The van der Waals surface area contributed by atoms with Gasteiger partial charge in [-0.05, 0) is 16.7 Å². The molecule has 1 heterocycles. The van der Waals surface area contributed by atoms with Crippen LogP contribution < -0.4 is 0 Å². The number of hydrogen-bond donors (Lipinski definition) is 1. The molecule has 6 heteroatoms. The summed E-state index contributed by atoms with van der Waals surface area (Å²) in [6.45, 7) is 0.958. The highest BCUT2D eigenvalue weighted by molar-refractivity contribution is 5.15. The molecule has 3 unspecified atom stereocenters. The van der Waals surface area contributed by atoms with Crippen molar-refractivity contribution in [3.05, 3.63) is 108 Å². The third-order valence-electron chi connectivity index (χ3n) is 5.55. The molecule has 0 radical (unpaired) electrons. The van der Waals surface area contributed by atoms with E-state index < -0.39 is 30.8 Å². The first-order valence-electron chi connectivity index (χ1n) is 11.1. The first-order valence-corrected chi connectivity index (χ1v) is 11.1. The summed E-state index contributed by atoms with van der Waals surface area (Å²) in [7, 11) is 0. The van der Waals surface area contributed by atoms with Gasteiger partial charge in [-0.25, -0.2) is 4.39 Å². The van der Waals surface area contributed by atoms with E-state index in [1.807, 2.05) is 91.0 Å². The average molecular weight is 453 g/mol. The van der Waals surface area contributed by atoms with Gasteiger partial charge in [-0.15, -0.1) is 0 Å². The Kier molecular flexibility index (Phi) is 8.58. The topological polar surface area (TPSA) is 57.2 Å². The van der Waals surface area contributed by atoms with Crippen molar-refractivity contribution in [2.24, 2.45) is 0 Å². The number of aliphatic hydroxyl groups is 1. The number of hydrogen-bond acceptors (Lipinski definition) is 5. The smallest absolute Gasteiger partial charge is 0.189 e. The van der Waals surface area contributed by atoms with Crippen LogP contribution >= 0.6 is 0 Å². The monoisotopic (exact) mass is 452 g/mol. The maximum Gasteiger partial charge on any atom is 0.189 e. The van der Waals surface area contributed by atoms with Gasteiger partial charge in [0, 0.05) is 0 Å². The normalized spacial score (nSPS) is 25.1. The van der Waals surface area contributed by atoms with E-state index in [9.17, 15) is 5.11 Å². The van der Waals surface area contributed by atoms with Crippen LogP contribution in [-0.4, -0.2) is 42.5 Å². The van der Waals surface area contributed by atoms with Crippen molar-refractivity contribution in [2.45, 2.75) is 50.6 Å². The molecule has 174 valence electrons. The first kappa shape index (κ1) is 23.5. The van der Waals surface area contributed by atoms with Crippen LogP contribution in [-0.2, 0) is 38.8 Å². The van der Waals surface area contributed by atoms with E-state index in [-0.39, 0.29) is 19.8 Å². The summed E-state index contributed by atoms with van der Waals surface area (Å²) in [5.41, 5.74) is 2.87. The highest BCUT2D eigenvalue weighted by Crippen LogP contribution is 2.29. The lowest BCUT2D eigenvalue weighted by Crippen LogP contribution is -2.59. The van der Waals surface area contributed by atoms with Gasteiger partial charge >= 0.3 is 0 Å². The molecule has 1 fully saturated rings. The van der Waals surface area contributed by atoms with Gasteiger partial charge in [-0.1, -0.05) is 91.0 Å². The molecule has 1 saturated heterocycles. The van der Waals surface area contributed by atoms with Gasteiger partial charge in [-0.3, -0.25) is 0 Å². The molecule has 33 heavy (non-hydrogen) atoms. The van der Waals surface area contributed by atoms with Gasteiger partial charge in [0.25, 0.3) is 0 Å². The van der Waals surface area contributed by atoms with E-state index in [0.29, 0.717) is 6.61 Å². The zero-order valence-electron chi connectivity index (χ0n) is 18.3. The quantitative estimate of drug-likeness (QED) is 0.493. The molecule has 0 saturated carbocycles. The molecule has 3 aromatic carbocycles. The van der Waals surface area contributed by atoms with E-state index in [1.165, 1.54) is 0 Å². The summed E-state index contributed by atoms with van der Waals surface area (Å²) >= 11 is 0. The molecule has 4 rings (SSSR count). The molecular formula is C27H29FO5. The van der Waals surface area contributed by atoms with Gasteiger partial charge < -0.3 is 24.1 Å². The van der Waals surface area contributed by atoms with Crippen LogP contribution in [0.4, 0.5) is 4.39 Å². The minimum Gasteiger partial charge on any atom is -0.374 e. The molecule has 1 aliphatic rings. The fourth-order valence-electron chi connectivity index (χ4n) is 3.81. The molecule has 0 spiro atoms. The van der Waals surface area contributed by atoms with Crippen LogP contribution in [0, 0.1) is 0 Å². The Balaban J connectivity index is 1.46. The van der Waals surface area contributed by atoms with Crippen molar-refractivity contribution >= 4 is 0 Å². The van der Waals surface area contributed by atoms with Crippen molar-refractivity contribution in [1.82, 2.24) is 0 Å². The van der Waals surface area contributed by atoms with Crippen molar-refractivity contribution in [3.8, 4) is 0 Å². The number of rotatable bonds is 10. The summed E-state index contributed by atoms with van der Waals surface area (Å²) < 4.78 is 38.5. The molecule has 0 bridgehead atoms. The fourth-order valence-corrected chi connectivity index (χ4v) is 3.81. The van der Waals surface area contributed by atoms with E-state index in [2.05, 4.69) is 0 Å². The fraction of sp³-hybridized carbons (Fsp3) is 0.333. The number of alkyl halides is 1. The molecule has 3 aromatic rings. The van der Waals surface area contributed by atoms with Crippen LogP contribution in [0.3, 0.4) is 0 Å². The van der Waals surface area contributed by atoms with Gasteiger partial charge in [0.15, 0.2) is 12.5 Å². The van der Waals surface area contributed by atoms with Crippen LogP contribution in [0.15, 0.2) is 91.0 Å². The second-order valence-corrected chi connectivity index (χ2v) is 8.03. The standard InChI is InChI=1S/C27H29FO5/c28-24-26(32-18-22-14-8-3-9-15-22)25(31-17-21-12-6-2-7-13-21)23(33-27(24)29)19-30-16-20-10-4-1-5-11-20/h1-15,23-27,29H,16-19H2/t23?,24?,25-,26?,27+/m1/s1. The number of benzene rings is 3. The maximum absolute atomic E-state index is 15.1. The lowest BCUT2D eigenvalue weighted by atomic mass is 9.99. The highest BCUT2D eigenvalue weighted by atomic mass is 19.1. The summed E-state index contributed by atoms with van der Waals surface area (Å²) in [6.07, 6.45) is -5.83. The Labute approximate surface area is 193 Å². The van der Waals surface area contributed by atoms with Crippen molar-refractivity contribution in [1.29, 1.82) is 0 Å². The molecule has 5 nitrogen and oxygen atoms in total. The van der Waals surface area contributed by atoms with Crippen molar-refractivity contribution in [2.75, 3.05) is 6.61 Å². The van der Waals surface area contributed by atoms with Crippen LogP contribution in [0.1, 0.15) is 16.7 Å². The molecule has 0 aromatic heterocycles. The number of halogens is 1. The summed E-state index contributed by atoms with van der Waals surface area (Å²) in [6, 6.07) is 28.9. The molecular weight excluding hydrogens is 423 g/mol. The molecule has 5 atom stereocenters. The maximum atomic E-state index is 15.1. The third kappa shape index (κ3) is 6.69. The summed E-state index contributed by atoms with van der Waals surface area (Å²) in [5.74, 6) is 0. The van der Waals surface area contributed by atoms with E-state index in [4.69, 9.17) is 18.9 Å². The molecule has 0 amide bonds. The number of ether oxygens (including phenoxy) is 4. The second kappa shape index (κ2) is 12.0. The Bertz CT molecular complexity index is 941. The third-order valence-corrected chi connectivity index (χ3v) is 5.55. The molecule has 1 N–H and O–H groups in total. The molecule has 0 aliphatic carbocycles. The lowest BCUT2D eigenvalue weighted by molar-refractivity contribution is -0.293. The Morgan fingerprint density at radius 3 is 1.64 bits per heavy atom. The second-order valence-electron chi connectivity index (χ2n) is 8.03. The van der Waals surface area contributed by atoms with Crippen molar-refractivity contribution in [3.63, 3.8) is 0 Å². The highest BCUT2D eigenvalue weighted by Gasteiger charge is 2.47. The zero-order chi connectivity index (χ0) is 22.9. The Morgan fingerprint density at radius 2 is 1.12 bits per heavy atom. The Morgan fingerprint density at radius 1 is 0.667 bits per heavy atom. The average Bonchev–Trinajstić information content (AvgIpc) is 2.86. The van der Waals surface area contributed by atoms with Crippen LogP contribution in [0.25, 0.3) is 0 Å². The van der Waals surface area contributed by atoms with Gasteiger partial charge in [0.05, 0.1) is 26.4 Å². The Hall–Kier alpha value is -2.61. The van der Waals surface area contributed by atoms with Gasteiger partial charge in [0.2, 0.25) is 0 Å². The van der Waals surface area contributed by atoms with Crippen molar-refractivity contribution < 1.29 is 28.4 Å². The van der Waals surface area contributed by atoms with E-state index >= 15 is 4.39 Å². The van der Waals surface area contributed by atoms with Gasteiger partial charge in [-0.2, -0.15) is 0 Å². The predicted molar refractivity (Wildman–Crippen MR) is 122 cm³/mol. The van der Waals surface area contributed by atoms with E-state index in [0.717, 1.165) is 16.7 Å². The number of aliphatic hydroxyl groups excluding tert-OH is 1. The van der Waals surface area contributed by atoms with Gasteiger partial charge in [0.1, 0.15) is 18.3 Å². The predicted octanol–water partition coefficient (Wildman–Crippen LogP) is 4.43. The largest absolute Gasteiger partial charge is 0.374 e. The van der Waals surface area contributed by atoms with E-state index in [1.54, 1.807) is 0 Å². The minimum atomic E-state index is -1.75. The van der Waals surface area contributed by atoms with Crippen LogP contribution in [0.5, 0.6) is 0 Å². The summed E-state index contributed by atoms with van der Waals surface area (Å²) in [4.78, 5) is 0. The lowest BCUT2D eigenvalue weighted by Gasteiger charge is -2.41. The van der Waals surface area contributed by atoms with Crippen LogP contribution in [0.2, 0.25) is 0 Å².